The number of rotatable bonds is 7. The molecule has 0 spiro atoms. The lowest BCUT2D eigenvalue weighted by Gasteiger charge is -2.17. The van der Waals surface area contributed by atoms with Gasteiger partial charge in [-0.05, 0) is 43.1 Å². The highest BCUT2D eigenvalue weighted by Crippen LogP contribution is 2.18. The summed E-state index contributed by atoms with van der Waals surface area (Å²) in [7, 11) is 0. The van der Waals surface area contributed by atoms with Crippen molar-refractivity contribution in [2.75, 3.05) is 38.1 Å². The standard InChI is InChI=1S/C19H22N4O/c20-13-17-5-4-9-21-19(17)22-14-16-8-10-23(15-16)11-12-24-18-6-2-1-3-7-18/h1-7,9,16H,8,10-12,14-15H2,(H,21,22)/t16-/m0/s1. The maximum absolute atomic E-state index is 9.09. The maximum Gasteiger partial charge on any atom is 0.143 e. The van der Waals surface area contributed by atoms with Crippen LogP contribution in [0.25, 0.3) is 0 Å². The normalized spacial score (nSPS) is 17.4. The fraction of sp³-hybridized carbons (Fsp3) is 0.368. The van der Waals surface area contributed by atoms with Crippen LogP contribution in [-0.4, -0.2) is 42.7 Å². The molecule has 0 amide bonds. The van der Waals surface area contributed by atoms with Crippen LogP contribution in [0.5, 0.6) is 5.75 Å². The minimum atomic E-state index is 0.579. The fourth-order valence-corrected chi connectivity index (χ4v) is 2.97. The molecule has 1 fully saturated rings. The van der Waals surface area contributed by atoms with Crippen LogP contribution in [0.1, 0.15) is 12.0 Å². The molecule has 1 saturated heterocycles. The first-order chi connectivity index (χ1) is 11.8. The first-order valence-corrected chi connectivity index (χ1v) is 8.34. The Hall–Kier alpha value is -2.58. The van der Waals surface area contributed by atoms with Gasteiger partial charge in [0, 0.05) is 25.8 Å². The quantitative estimate of drug-likeness (QED) is 0.849. The Balaban J connectivity index is 1.39. The molecule has 0 saturated carbocycles. The zero-order valence-corrected chi connectivity index (χ0v) is 13.7. The summed E-state index contributed by atoms with van der Waals surface area (Å²) in [5.41, 5.74) is 0.601. The molecule has 0 radical (unpaired) electrons. The van der Waals surface area contributed by atoms with Crippen LogP contribution in [0.2, 0.25) is 0 Å². The monoisotopic (exact) mass is 322 g/mol. The summed E-state index contributed by atoms with van der Waals surface area (Å²) >= 11 is 0. The number of pyridine rings is 1. The molecule has 2 aromatic rings. The van der Waals surface area contributed by atoms with E-state index in [0.29, 0.717) is 23.9 Å². The van der Waals surface area contributed by atoms with Crippen LogP contribution < -0.4 is 10.1 Å². The van der Waals surface area contributed by atoms with Gasteiger partial charge in [0.2, 0.25) is 0 Å². The van der Waals surface area contributed by atoms with Gasteiger partial charge in [0.25, 0.3) is 0 Å². The Bertz CT molecular complexity index is 683. The lowest BCUT2D eigenvalue weighted by molar-refractivity contribution is 0.233. The zero-order valence-electron chi connectivity index (χ0n) is 13.7. The molecule has 5 nitrogen and oxygen atoms in total. The number of nitrogens with one attached hydrogen (secondary N) is 1. The van der Waals surface area contributed by atoms with Crippen molar-refractivity contribution in [3.63, 3.8) is 0 Å². The number of nitriles is 1. The van der Waals surface area contributed by atoms with Gasteiger partial charge in [0.05, 0.1) is 5.56 Å². The Morgan fingerprint density at radius 2 is 2.12 bits per heavy atom. The minimum absolute atomic E-state index is 0.579. The molecule has 2 heterocycles. The summed E-state index contributed by atoms with van der Waals surface area (Å²) in [6, 6.07) is 15.7. The van der Waals surface area contributed by atoms with Gasteiger partial charge in [-0.3, -0.25) is 4.90 Å². The first-order valence-electron chi connectivity index (χ1n) is 8.34. The number of hydrogen-bond donors (Lipinski definition) is 1. The van der Waals surface area contributed by atoms with Gasteiger partial charge in [0.15, 0.2) is 0 Å². The molecule has 0 aliphatic carbocycles. The Morgan fingerprint density at radius 1 is 1.25 bits per heavy atom. The van der Waals surface area contributed by atoms with Crippen LogP contribution in [0.3, 0.4) is 0 Å². The average Bonchev–Trinajstić information content (AvgIpc) is 3.09. The molecular weight excluding hydrogens is 300 g/mol. The van der Waals surface area contributed by atoms with Crippen LogP contribution in [0.15, 0.2) is 48.7 Å². The molecule has 1 aromatic carbocycles. The lowest BCUT2D eigenvalue weighted by atomic mass is 10.1. The zero-order chi connectivity index (χ0) is 16.6. The van der Waals surface area contributed by atoms with Crippen LogP contribution in [-0.2, 0) is 0 Å². The second-order valence-corrected chi connectivity index (χ2v) is 6.01. The van der Waals surface area contributed by atoms with Gasteiger partial charge in [-0.25, -0.2) is 4.98 Å². The molecule has 24 heavy (non-hydrogen) atoms. The van der Waals surface area contributed by atoms with Crippen molar-refractivity contribution in [1.82, 2.24) is 9.88 Å². The van der Waals surface area contributed by atoms with Gasteiger partial charge in [-0.1, -0.05) is 18.2 Å². The van der Waals surface area contributed by atoms with E-state index >= 15 is 0 Å². The molecule has 1 N–H and O–H groups in total. The summed E-state index contributed by atoms with van der Waals surface area (Å²) in [6.45, 7) is 4.65. The molecule has 1 aromatic heterocycles. The number of likely N-dealkylation sites (tertiary alicyclic amines) is 1. The Kier molecular flexibility index (Phi) is 5.65. The van der Waals surface area contributed by atoms with Crippen molar-refractivity contribution in [3.05, 3.63) is 54.2 Å². The number of benzene rings is 1. The Morgan fingerprint density at radius 3 is 2.96 bits per heavy atom. The largest absolute Gasteiger partial charge is 0.492 e. The van der Waals surface area contributed by atoms with E-state index < -0.39 is 0 Å². The number of ether oxygens (including phenoxy) is 1. The van der Waals surface area contributed by atoms with Gasteiger partial charge < -0.3 is 10.1 Å². The number of nitrogens with zero attached hydrogens (tertiary/aromatic N) is 3. The van der Waals surface area contributed by atoms with Gasteiger partial charge in [-0.2, -0.15) is 5.26 Å². The highest BCUT2D eigenvalue weighted by atomic mass is 16.5. The van der Waals surface area contributed by atoms with E-state index in [1.807, 2.05) is 30.3 Å². The molecule has 0 unspecified atom stereocenters. The van der Waals surface area contributed by atoms with E-state index in [2.05, 4.69) is 21.3 Å². The fourth-order valence-electron chi connectivity index (χ4n) is 2.97. The van der Waals surface area contributed by atoms with E-state index in [4.69, 9.17) is 10.00 Å². The van der Waals surface area contributed by atoms with Crippen LogP contribution in [0, 0.1) is 17.2 Å². The molecule has 0 bridgehead atoms. The van der Waals surface area contributed by atoms with E-state index in [1.165, 1.54) is 0 Å². The second-order valence-electron chi connectivity index (χ2n) is 6.01. The summed E-state index contributed by atoms with van der Waals surface area (Å²) < 4.78 is 5.76. The summed E-state index contributed by atoms with van der Waals surface area (Å²) in [5, 5.41) is 12.4. The van der Waals surface area contributed by atoms with Gasteiger partial charge in [-0.15, -0.1) is 0 Å². The smallest absolute Gasteiger partial charge is 0.143 e. The number of aromatic nitrogens is 1. The third kappa shape index (κ3) is 4.46. The number of anilines is 1. The summed E-state index contributed by atoms with van der Waals surface area (Å²) in [5.74, 6) is 2.19. The molecule has 124 valence electrons. The Labute approximate surface area is 142 Å². The predicted octanol–water partition coefficient (Wildman–Crippen LogP) is 2.77. The van der Waals surface area contributed by atoms with E-state index in [9.17, 15) is 0 Å². The molecule has 5 heteroatoms. The summed E-state index contributed by atoms with van der Waals surface area (Å²) in [6.07, 6.45) is 2.87. The second kappa shape index (κ2) is 8.32. The van der Waals surface area contributed by atoms with Crippen molar-refractivity contribution < 1.29 is 4.74 Å². The van der Waals surface area contributed by atoms with Crippen molar-refractivity contribution >= 4 is 5.82 Å². The maximum atomic E-state index is 9.09. The lowest BCUT2D eigenvalue weighted by Crippen LogP contribution is -2.27. The topological polar surface area (TPSA) is 61.2 Å². The molecule has 1 aliphatic heterocycles. The van der Waals surface area contributed by atoms with Crippen molar-refractivity contribution in [3.8, 4) is 11.8 Å². The molecule has 1 atom stereocenters. The highest BCUT2D eigenvalue weighted by molar-refractivity contribution is 5.51. The van der Waals surface area contributed by atoms with E-state index in [1.54, 1.807) is 18.3 Å². The average molecular weight is 322 g/mol. The number of para-hydroxylation sites is 1. The predicted molar refractivity (Wildman–Crippen MR) is 93.9 cm³/mol. The van der Waals surface area contributed by atoms with Gasteiger partial charge in [0.1, 0.15) is 24.2 Å². The first kappa shape index (κ1) is 16.3. The van der Waals surface area contributed by atoms with Gasteiger partial charge >= 0.3 is 0 Å². The summed E-state index contributed by atoms with van der Waals surface area (Å²) in [4.78, 5) is 6.67. The van der Waals surface area contributed by atoms with E-state index in [0.717, 1.165) is 38.3 Å². The minimum Gasteiger partial charge on any atom is -0.492 e. The van der Waals surface area contributed by atoms with Crippen LogP contribution >= 0.6 is 0 Å². The van der Waals surface area contributed by atoms with Crippen molar-refractivity contribution in [2.24, 2.45) is 5.92 Å². The van der Waals surface area contributed by atoms with Crippen molar-refractivity contribution in [2.45, 2.75) is 6.42 Å². The molecular formula is C19H22N4O. The third-order valence-electron chi connectivity index (χ3n) is 4.28. The molecule has 1 aliphatic rings. The van der Waals surface area contributed by atoms with Crippen LogP contribution in [0.4, 0.5) is 5.82 Å². The highest BCUT2D eigenvalue weighted by Gasteiger charge is 2.22. The van der Waals surface area contributed by atoms with E-state index in [-0.39, 0.29) is 0 Å². The number of hydrogen-bond acceptors (Lipinski definition) is 5. The SMILES string of the molecule is N#Cc1cccnc1NC[C@@H]1CCN(CCOc2ccccc2)C1. The molecule has 3 rings (SSSR count). The third-order valence-corrected chi connectivity index (χ3v) is 4.28. The van der Waals surface area contributed by atoms with Crippen molar-refractivity contribution in [1.29, 1.82) is 5.26 Å².